The summed E-state index contributed by atoms with van der Waals surface area (Å²) < 4.78 is 8.87. The van der Waals surface area contributed by atoms with E-state index in [9.17, 15) is 0 Å². The molecule has 2 atom stereocenters. The molecule has 0 saturated carbocycles. The molecule has 2 nitrogen and oxygen atoms in total. The van der Waals surface area contributed by atoms with Crippen molar-refractivity contribution in [1.29, 1.82) is 0 Å². The van der Waals surface area contributed by atoms with Crippen molar-refractivity contribution in [2.24, 2.45) is 4.67 Å². The van der Waals surface area contributed by atoms with Crippen LogP contribution in [-0.2, 0) is 4.74 Å². The van der Waals surface area contributed by atoms with Gasteiger partial charge in [0.05, 0.1) is 0 Å². The first-order valence-electron chi connectivity index (χ1n) is 2.62. The molecule has 2 unspecified atom stereocenters. The van der Waals surface area contributed by atoms with Crippen molar-refractivity contribution in [2.45, 2.75) is 18.8 Å². The number of epoxide rings is 1. The first-order valence-corrected chi connectivity index (χ1v) is 3.14. The molecule has 8 heavy (non-hydrogen) atoms. The minimum absolute atomic E-state index is 0.139. The Labute approximate surface area is 52.2 Å². The fraction of sp³-hybridized carbons (Fsp3) is 1.00. The van der Waals surface area contributed by atoms with E-state index in [0.717, 1.165) is 12.9 Å². The molecule has 1 rings (SSSR count). The Hall–Kier alpha value is 0.255. The number of rotatable bonds is 2. The third kappa shape index (κ3) is 1.64. The van der Waals surface area contributed by atoms with E-state index in [0.29, 0.717) is 0 Å². The van der Waals surface area contributed by atoms with Gasteiger partial charge in [-0.15, -0.1) is 0 Å². The maximum absolute atomic E-state index is 5.10. The molecule has 44 valence electrons. The summed E-state index contributed by atoms with van der Waals surface area (Å²) in [4.78, 5) is 0. The van der Waals surface area contributed by atoms with Crippen molar-refractivity contribution < 1.29 is 4.74 Å². The Kier molecular flexibility index (Phi) is 1.79. The number of ether oxygens (including phenoxy) is 1. The zero-order valence-electron chi connectivity index (χ0n) is 4.92. The summed E-state index contributed by atoms with van der Waals surface area (Å²) in [6.07, 6.45) is 0.941. The Morgan fingerprint density at radius 1 is 2.00 bits per heavy atom. The summed E-state index contributed by atoms with van der Waals surface area (Å²) in [5.41, 5.74) is 0.139. The summed E-state index contributed by atoms with van der Waals surface area (Å²) in [7, 11) is 4.16. The fourth-order valence-corrected chi connectivity index (χ4v) is 0.592. The summed E-state index contributed by atoms with van der Waals surface area (Å²) in [5, 5.41) is 0. The van der Waals surface area contributed by atoms with Crippen LogP contribution < -0.4 is 0 Å². The molecule has 4 heteroatoms. The maximum atomic E-state index is 5.10. The molecular formula is C4H9BNOP. The monoisotopic (exact) mass is 129 g/mol. The SMILES string of the molecule is CC1(CB=NP)CO1. The average molecular weight is 129 g/mol. The van der Waals surface area contributed by atoms with Gasteiger partial charge in [0.25, 0.3) is 0 Å². The van der Waals surface area contributed by atoms with Crippen molar-refractivity contribution in [3.05, 3.63) is 0 Å². The standard InChI is InChI=1S/C4H9BNOP/c1-4(3-7-4)2-5-6-8/h2-3,8H2,1H3. The Bertz CT molecular complexity index is 113. The molecule has 1 aliphatic heterocycles. The minimum atomic E-state index is 0.139. The summed E-state index contributed by atoms with van der Waals surface area (Å²) in [6, 6.07) is 0. The number of hydrogen-bond acceptors (Lipinski definition) is 2. The molecule has 0 aliphatic carbocycles. The van der Waals surface area contributed by atoms with E-state index in [1.807, 2.05) is 7.07 Å². The second kappa shape index (κ2) is 2.24. The molecule has 0 amide bonds. The van der Waals surface area contributed by atoms with Gasteiger partial charge in [-0.05, 0) is 0 Å². The average Bonchev–Trinajstić information content (AvgIpc) is 2.45. The van der Waals surface area contributed by atoms with Crippen molar-refractivity contribution in [2.75, 3.05) is 6.61 Å². The number of hydrogen-bond donors (Lipinski definition) is 0. The van der Waals surface area contributed by atoms with E-state index in [2.05, 4.69) is 21.0 Å². The van der Waals surface area contributed by atoms with Gasteiger partial charge in [0.2, 0.25) is 0 Å². The first-order chi connectivity index (χ1) is 3.77. The van der Waals surface area contributed by atoms with Crippen LogP contribution in [0.2, 0.25) is 6.32 Å². The van der Waals surface area contributed by atoms with E-state index in [1.165, 1.54) is 0 Å². The van der Waals surface area contributed by atoms with Gasteiger partial charge in [0.1, 0.15) is 0 Å². The molecule has 0 bridgehead atoms. The predicted molar refractivity (Wildman–Crippen MR) is 37.1 cm³/mol. The van der Waals surface area contributed by atoms with Crippen LogP contribution in [0, 0.1) is 0 Å². The van der Waals surface area contributed by atoms with Gasteiger partial charge in [0.15, 0.2) is 0 Å². The van der Waals surface area contributed by atoms with E-state index in [4.69, 9.17) is 4.74 Å². The molecule has 0 aromatic heterocycles. The van der Waals surface area contributed by atoms with Crippen molar-refractivity contribution in [3.63, 3.8) is 0 Å². The van der Waals surface area contributed by atoms with Crippen LogP contribution in [0.25, 0.3) is 0 Å². The van der Waals surface area contributed by atoms with Crippen LogP contribution in [-0.4, -0.2) is 19.3 Å². The quantitative estimate of drug-likeness (QED) is 0.308. The predicted octanol–water partition coefficient (Wildman–Crippen LogP) is 0.871. The Morgan fingerprint density at radius 2 is 2.62 bits per heavy atom. The normalized spacial score (nSPS) is 35.2. The molecule has 1 saturated heterocycles. The van der Waals surface area contributed by atoms with Crippen molar-refractivity contribution >= 4 is 16.5 Å². The Balaban J connectivity index is 2.19. The van der Waals surface area contributed by atoms with E-state index < -0.39 is 0 Å². The first kappa shape index (κ1) is 6.38. The van der Waals surface area contributed by atoms with Gasteiger partial charge in [0, 0.05) is 0 Å². The van der Waals surface area contributed by atoms with E-state index >= 15 is 0 Å². The van der Waals surface area contributed by atoms with Gasteiger partial charge in [-0.3, -0.25) is 0 Å². The Morgan fingerprint density at radius 3 is 3.00 bits per heavy atom. The van der Waals surface area contributed by atoms with E-state index in [-0.39, 0.29) is 5.60 Å². The van der Waals surface area contributed by atoms with Gasteiger partial charge >= 0.3 is 51.3 Å². The molecule has 0 aromatic rings. The zero-order valence-corrected chi connectivity index (χ0v) is 6.08. The van der Waals surface area contributed by atoms with E-state index in [1.54, 1.807) is 0 Å². The second-order valence-corrected chi connectivity index (χ2v) is 2.57. The van der Waals surface area contributed by atoms with Crippen LogP contribution in [0.4, 0.5) is 0 Å². The van der Waals surface area contributed by atoms with Gasteiger partial charge in [-0.1, -0.05) is 0 Å². The molecule has 1 fully saturated rings. The van der Waals surface area contributed by atoms with Gasteiger partial charge < -0.3 is 0 Å². The third-order valence-corrected chi connectivity index (χ3v) is 1.48. The van der Waals surface area contributed by atoms with Gasteiger partial charge in [-0.2, -0.15) is 0 Å². The summed E-state index contributed by atoms with van der Waals surface area (Å²) >= 11 is 0. The van der Waals surface area contributed by atoms with Crippen LogP contribution >= 0.6 is 9.39 Å². The molecule has 0 N–H and O–H groups in total. The van der Waals surface area contributed by atoms with Crippen LogP contribution in [0.15, 0.2) is 4.67 Å². The van der Waals surface area contributed by atoms with Crippen molar-refractivity contribution in [3.8, 4) is 0 Å². The fourth-order valence-electron chi connectivity index (χ4n) is 0.487. The third-order valence-electron chi connectivity index (χ3n) is 1.27. The second-order valence-electron chi connectivity index (χ2n) is 2.27. The topological polar surface area (TPSA) is 24.9 Å². The molecule has 0 radical (unpaired) electrons. The molecular weight excluding hydrogens is 120 g/mol. The molecule has 0 aromatic carbocycles. The van der Waals surface area contributed by atoms with Gasteiger partial charge in [-0.25, -0.2) is 0 Å². The van der Waals surface area contributed by atoms with Crippen LogP contribution in [0.5, 0.6) is 0 Å². The summed E-state index contributed by atoms with van der Waals surface area (Å²) in [5.74, 6) is 0. The van der Waals surface area contributed by atoms with Crippen LogP contribution in [0.3, 0.4) is 0 Å². The molecule has 1 heterocycles. The molecule has 1 aliphatic rings. The zero-order chi connectivity index (χ0) is 6.04. The molecule has 0 spiro atoms. The van der Waals surface area contributed by atoms with Crippen molar-refractivity contribution in [1.82, 2.24) is 0 Å². The van der Waals surface area contributed by atoms with Crippen LogP contribution in [0.1, 0.15) is 6.92 Å². The number of nitrogens with zero attached hydrogens (tertiary/aromatic N) is 1. The summed E-state index contributed by atoms with van der Waals surface area (Å²) in [6.45, 7) is 2.98.